The van der Waals surface area contributed by atoms with Crippen molar-refractivity contribution in [2.24, 2.45) is 0 Å². The van der Waals surface area contributed by atoms with Gasteiger partial charge in [0.05, 0.1) is 6.10 Å². The normalized spacial score (nSPS) is 13.0. The summed E-state index contributed by atoms with van der Waals surface area (Å²) in [7, 11) is 0. The number of phenols is 5. The molecular weight excluding hydrogens is 300 g/mol. The lowest BCUT2D eigenvalue weighted by molar-refractivity contribution is 0.229. The molecule has 0 fully saturated rings. The van der Waals surface area contributed by atoms with E-state index in [1.807, 2.05) is 0 Å². The Balaban J connectivity index is 2.31. The van der Waals surface area contributed by atoms with Crippen LogP contribution in [0.25, 0.3) is 5.57 Å². The first-order chi connectivity index (χ1) is 10.8. The molecule has 122 valence electrons. The number of aromatic hydroxyl groups is 5. The zero-order valence-corrected chi connectivity index (χ0v) is 12.4. The molecule has 6 N–H and O–H groups in total. The fourth-order valence-corrected chi connectivity index (χ4v) is 2.39. The predicted octanol–water partition coefficient (Wildman–Crippen LogP) is 2.22. The van der Waals surface area contributed by atoms with Crippen LogP contribution in [-0.2, 0) is 6.42 Å². The minimum atomic E-state index is -1.08. The number of phenolic OH excluding ortho intramolecular Hbond substituents is 5. The summed E-state index contributed by atoms with van der Waals surface area (Å²) in [6.07, 6.45) is 0.454. The maximum Gasteiger partial charge on any atom is 0.158 e. The van der Waals surface area contributed by atoms with Gasteiger partial charge in [-0.05, 0) is 30.2 Å². The Morgan fingerprint density at radius 1 is 0.913 bits per heavy atom. The molecule has 6 nitrogen and oxygen atoms in total. The van der Waals surface area contributed by atoms with E-state index in [1.165, 1.54) is 18.2 Å². The molecule has 0 saturated carbocycles. The monoisotopic (exact) mass is 318 g/mol. The van der Waals surface area contributed by atoms with Crippen molar-refractivity contribution in [3.05, 3.63) is 47.5 Å². The van der Waals surface area contributed by atoms with Crippen LogP contribution in [0.15, 0.2) is 36.4 Å². The van der Waals surface area contributed by atoms with Gasteiger partial charge in [0, 0.05) is 24.1 Å². The second kappa shape index (κ2) is 6.50. The van der Waals surface area contributed by atoms with Crippen LogP contribution in [0.5, 0.6) is 28.7 Å². The van der Waals surface area contributed by atoms with E-state index in [-0.39, 0.29) is 40.7 Å². The van der Waals surface area contributed by atoms with E-state index in [1.54, 1.807) is 13.0 Å². The molecule has 0 aliphatic rings. The number of aliphatic hydroxyl groups excluding tert-OH is 1. The smallest absolute Gasteiger partial charge is 0.158 e. The van der Waals surface area contributed by atoms with Crippen molar-refractivity contribution in [1.82, 2.24) is 0 Å². The van der Waals surface area contributed by atoms with Gasteiger partial charge in [-0.3, -0.25) is 0 Å². The fraction of sp³-hybridized carbons (Fsp3) is 0.176. The third kappa shape index (κ3) is 3.49. The van der Waals surface area contributed by atoms with Gasteiger partial charge in [0.25, 0.3) is 0 Å². The van der Waals surface area contributed by atoms with Crippen molar-refractivity contribution >= 4 is 5.57 Å². The van der Waals surface area contributed by atoms with E-state index < -0.39 is 6.10 Å². The molecular formula is C17H18O6. The molecule has 0 heterocycles. The summed E-state index contributed by atoms with van der Waals surface area (Å²) in [6.45, 7) is 1.69. The first-order valence-corrected chi connectivity index (χ1v) is 6.94. The van der Waals surface area contributed by atoms with Crippen molar-refractivity contribution in [3.8, 4) is 28.7 Å². The average Bonchev–Trinajstić information content (AvgIpc) is 2.47. The van der Waals surface area contributed by atoms with Gasteiger partial charge >= 0.3 is 0 Å². The molecule has 0 spiro atoms. The van der Waals surface area contributed by atoms with Gasteiger partial charge in [-0.15, -0.1) is 0 Å². The molecule has 0 aromatic heterocycles. The minimum absolute atomic E-state index is 0.0950. The second-order valence-electron chi connectivity index (χ2n) is 5.13. The van der Waals surface area contributed by atoms with Gasteiger partial charge in [0.15, 0.2) is 11.5 Å². The van der Waals surface area contributed by atoms with Crippen molar-refractivity contribution < 1.29 is 30.6 Å². The van der Waals surface area contributed by atoms with E-state index in [4.69, 9.17) is 0 Å². The number of hydrogen-bond donors (Lipinski definition) is 6. The number of aliphatic hydroxyl groups is 1. The molecule has 0 bridgehead atoms. The van der Waals surface area contributed by atoms with Crippen LogP contribution in [0.4, 0.5) is 0 Å². The highest BCUT2D eigenvalue weighted by atomic mass is 16.3. The Morgan fingerprint density at radius 3 is 2.04 bits per heavy atom. The molecule has 6 heteroatoms. The average molecular weight is 318 g/mol. The van der Waals surface area contributed by atoms with Gasteiger partial charge < -0.3 is 30.6 Å². The van der Waals surface area contributed by atoms with Gasteiger partial charge in [0.1, 0.15) is 17.2 Å². The molecule has 23 heavy (non-hydrogen) atoms. The summed E-state index contributed by atoms with van der Waals surface area (Å²) < 4.78 is 0. The van der Waals surface area contributed by atoms with Crippen LogP contribution >= 0.6 is 0 Å². The molecule has 0 radical (unpaired) electrons. The van der Waals surface area contributed by atoms with E-state index >= 15 is 0 Å². The molecule has 0 aliphatic carbocycles. The zero-order chi connectivity index (χ0) is 17.1. The molecule has 0 aliphatic heterocycles. The third-order valence-electron chi connectivity index (χ3n) is 3.56. The second-order valence-corrected chi connectivity index (χ2v) is 5.13. The lowest BCUT2D eigenvalue weighted by Gasteiger charge is -2.17. The van der Waals surface area contributed by atoms with Crippen LogP contribution in [0.1, 0.15) is 18.1 Å². The number of rotatable bonds is 4. The SMILES string of the molecule is C/C=C(/c1ccc(O)c(O)c1)[C@@H](O)Cc1c(O)cc(O)cc1O. The van der Waals surface area contributed by atoms with Gasteiger partial charge in [-0.25, -0.2) is 0 Å². The van der Waals surface area contributed by atoms with E-state index in [2.05, 4.69) is 0 Å². The summed E-state index contributed by atoms with van der Waals surface area (Å²) in [5, 5.41) is 58.2. The van der Waals surface area contributed by atoms with Crippen LogP contribution in [0, 0.1) is 0 Å². The van der Waals surface area contributed by atoms with Crippen LogP contribution in [0.3, 0.4) is 0 Å². The Kier molecular flexibility index (Phi) is 4.66. The molecule has 2 aromatic rings. The molecule has 2 rings (SSSR count). The van der Waals surface area contributed by atoms with E-state index in [0.717, 1.165) is 12.1 Å². The van der Waals surface area contributed by atoms with E-state index in [9.17, 15) is 30.6 Å². The highest BCUT2D eigenvalue weighted by Crippen LogP contribution is 2.35. The number of allylic oxidation sites excluding steroid dienone is 1. The Hall–Kier alpha value is -2.86. The number of benzene rings is 2. The fourth-order valence-electron chi connectivity index (χ4n) is 2.39. The van der Waals surface area contributed by atoms with Crippen molar-refractivity contribution in [2.75, 3.05) is 0 Å². The van der Waals surface area contributed by atoms with Gasteiger partial charge in [-0.2, -0.15) is 0 Å². The Morgan fingerprint density at radius 2 is 1.52 bits per heavy atom. The maximum atomic E-state index is 10.4. The predicted molar refractivity (Wildman–Crippen MR) is 84.6 cm³/mol. The first-order valence-electron chi connectivity index (χ1n) is 6.94. The molecule has 1 atom stereocenters. The molecule has 0 unspecified atom stereocenters. The summed E-state index contributed by atoms with van der Waals surface area (Å²) in [6, 6.07) is 6.29. The standard InChI is InChI=1S/C17H18O6/c1-2-11(9-3-4-13(19)17(23)5-9)16(22)8-12-14(20)6-10(18)7-15(12)21/h2-7,16,18-23H,8H2,1H3/b11-2-/t16-/m0/s1. The van der Waals surface area contributed by atoms with Crippen molar-refractivity contribution in [1.29, 1.82) is 0 Å². The van der Waals surface area contributed by atoms with Gasteiger partial charge in [-0.1, -0.05) is 12.1 Å². The maximum absolute atomic E-state index is 10.4. The first kappa shape index (κ1) is 16.5. The highest BCUT2D eigenvalue weighted by Gasteiger charge is 2.19. The van der Waals surface area contributed by atoms with E-state index in [0.29, 0.717) is 11.1 Å². The van der Waals surface area contributed by atoms with Crippen molar-refractivity contribution in [2.45, 2.75) is 19.4 Å². The summed E-state index contributed by atoms with van der Waals surface area (Å²) >= 11 is 0. The summed E-state index contributed by atoms with van der Waals surface area (Å²) in [4.78, 5) is 0. The molecule has 2 aromatic carbocycles. The zero-order valence-electron chi connectivity index (χ0n) is 12.4. The Labute approximate surface area is 132 Å². The topological polar surface area (TPSA) is 121 Å². The summed E-state index contributed by atoms with van der Waals surface area (Å²) in [5.41, 5.74) is 1.04. The van der Waals surface area contributed by atoms with Crippen molar-refractivity contribution in [3.63, 3.8) is 0 Å². The quantitative estimate of drug-likeness (QED) is 0.481. The van der Waals surface area contributed by atoms with Gasteiger partial charge in [0.2, 0.25) is 0 Å². The molecule has 0 saturated heterocycles. The third-order valence-corrected chi connectivity index (χ3v) is 3.56. The lowest BCUT2D eigenvalue weighted by atomic mass is 9.94. The largest absolute Gasteiger partial charge is 0.508 e. The lowest BCUT2D eigenvalue weighted by Crippen LogP contribution is -2.13. The number of hydrogen-bond acceptors (Lipinski definition) is 6. The highest BCUT2D eigenvalue weighted by molar-refractivity contribution is 5.71. The van der Waals surface area contributed by atoms with Crippen LogP contribution in [0.2, 0.25) is 0 Å². The molecule has 0 amide bonds. The minimum Gasteiger partial charge on any atom is -0.508 e. The summed E-state index contributed by atoms with van der Waals surface area (Å²) in [5.74, 6) is -1.53. The van der Waals surface area contributed by atoms with Crippen LogP contribution < -0.4 is 0 Å². The van der Waals surface area contributed by atoms with Crippen LogP contribution in [-0.4, -0.2) is 36.7 Å². The Bertz CT molecular complexity index is 728.